The number of benzene rings is 1. The molecule has 1 aliphatic heterocycles. The molecule has 3 rings (SSSR count). The van der Waals surface area contributed by atoms with Crippen molar-refractivity contribution in [2.75, 3.05) is 11.9 Å². The number of hydrogen-bond donors (Lipinski definition) is 0. The van der Waals surface area contributed by atoms with E-state index in [-0.39, 0.29) is 11.8 Å². The van der Waals surface area contributed by atoms with E-state index in [1.165, 1.54) is 25.7 Å². The van der Waals surface area contributed by atoms with E-state index in [2.05, 4.69) is 17.1 Å². The Morgan fingerprint density at radius 2 is 1.81 bits per heavy atom. The zero-order valence-electron chi connectivity index (χ0n) is 12.5. The van der Waals surface area contributed by atoms with Crippen molar-refractivity contribution in [3.05, 3.63) is 30.3 Å². The summed E-state index contributed by atoms with van der Waals surface area (Å²) in [5.41, 5.74) is 1.08. The maximum Gasteiger partial charge on any atom is 0.252 e. The van der Waals surface area contributed by atoms with Crippen LogP contribution in [-0.4, -0.2) is 23.4 Å². The summed E-state index contributed by atoms with van der Waals surface area (Å²) in [4.78, 5) is 18.8. The predicted molar refractivity (Wildman–Crippen MR) is 89.9 cm³/mol. The van der Waals surface area contributed by atoms with Crippen LogP contribution in [0.15, 0.2) is 35.3 Å². The van der Waals surface area contributed by atoms with Gasteiger partial charge in [-0.15, -0.1) is 0 Å². The lowest BCUT2D eigenvalue weighted by Crippen LogP contribution is -2.37. The van der Waals surface area contributed by atoms with Crippen LogP contribution in [0, 0.1) is 5.92 Å². The molecule has 0 N–H and O–H groups in total. The molecule has 1 heterocycles. The van der Waals surface area contributed by atoms with Gasteiger partial charge in [-0.2, -0.15) is 4.99 Å². The van der Waals surface area contributed by atoms with Gasteiger partial charge >= 0.3 is 0 Å². The van der Waals surface area contributed by atoms with Crippen LogP contribution in [0.1, 0.15) is 38.5 Å². The van der Waals surface area contributed by atoms with E-state index < -0.39 is 0 Å². The molecule has 0 radical (unpaired) electrons. The number of rotatable bonds is 1. The molecule has 1 aliphatic carbocycles. The Bertz CT molecular complexity index is 529. The normalized spacial score (nSPS) is 26.3. The Morgan fingerprint density at radius 3 is 2.57 bits per heavy atom. The lowest BCUT2D eigenvalue weighted by Gasteiger charge is -2.33. The Hall–Kier alpha value is -1.29. The van der Waals surface area contributed by atoms with Crippen LogP contribution in [0.2, 0.25) is 0 Å². The zero-order chi connectivity index (χ0) is 14.7. The van der Waals surface area contributed by atoms with Gasteiger partial charge in [0.1, 0.15) is 0 Å². The van der Waals surface area contributed by atoms with E-state index in [0.717, 1.165) is 23.7 Å². The zero-order valence-corrected chi connectivity index (χ0v) is 13.3. The van der Waals surface area contributed by atoms with E-state index in [1.807, 2.05) is 30.1 Å². The first-order chi connectivity index (χ1) is 10.3. The lowest BCUT2D eigenvalue weighted by atomic mass is 9.90. The summed E-state index contributed by atoms with van der Waals surface area (Å²) in [7, 11) is 2.00. The highest BCUT2D eigenvalue weighted by Gasteiger charge is 2.35. The largest absolute Gasteiger partial charge is 0.324 e. The molecule has 1 aromatic rings. The van der Waals surface area contributed by atoms with Crippen LogP contribution in [0.4, 0.5) is 5.69 Å². The molecule has 4 heteroatoms. The van der Waals surface area contributed by atoms with Gasteiger partial charge in [-0.3, -0.25) is 4.79 Å². The average Bonchev–Trinajstić information content (AvgIpc) is 2.48. The van der Waals surface area contributed by atoms with Crippen molar-refractivity contribution in [1.29, 1.82) is 0 Å². The van der Waals surface area contributed by atoms with Crippen LogP contribution in [0.3, 0.4) is 0 Å². The van der Waals surface area contributed by atoms with Crippen molar-refractivity contribution in [1.82, 2.24) is 0 Å². The summed E-state index contributed by atoms with van der Waals surface area (Å²) >= 11 is 1.80. The summed E-state index contributed by atoms with van der Waals surface area (Å²) in [6.45, 7) is 0. The van der Waals surface area contributed by atoms with Crippen molar-refractivity contribution >= 4 is 28.5 Å². The molecule has 1 aromatic carbocycles. The van der Waals surface area contributed by atoms with E-state index in [9.17, 15) is 4.79 Å². The summed E-state index contributed by atoms with van der Waals surface area (Å²) in [5.74, 6) is 0.238. The highest BCUT2D eigenvalue weighted by Crippen LogP contribution is 2.37. The van der Waals surface area contributed by atoms with Gasteiger partial charge in [-0.25, -0.2) is 0 Å². The fraction of sp³-hybridized carbons (Fsp3) is 0.529. The van der Waals surface area contributed by atoms with Crippen molar-refractivity contribution in [2.45, 2.75) is 43.8 Å². The van der Waals surface area contributed by atoms with Gasteiger partial charge in [0.15, 0.2) is 5.17 Å². The molecule has 0 aromatic heterocycles. The van der Waals surface area contributed by atoms with Gasteiger partial charge in [-0.05, 0) is 25.0 Å². The number of para-hydroxylation sites is 1. The summed E-state index contributed by atoms with van der Waals surface area (Å²) < 4.78 is 0. The molecule has 112 valence electrons. The van der Waals surface area contributed by atoms with Crippen molar-refractivity contribution in [3.63, 3.8) is 0 Å². The van der Waals surface area contributed by atoms with Crippen molar-refractivity contribution in [3.8, 4) is 0 Å². The second kappa shape index (κ2) is 6.65. The molecule has 0 saturated heterocycles. The molecule has 3 nitrogen and oxygen atoms in total. The fourth-order valence-electron chi connectivity index (χ4n) is 3.13. The summed E-state index contributed by atoms with van der Waals surface area (Å²) in [6, 6.07) is 10.1. The van der Waals surface area contributed by atoms with Gasteiger partial charge in [0, 0.05) is 18.0 Å². The maximum absolute atomic E-state index is 12.4. The maximum atomic E-state index is 12.4. The number of carbonyl (C=O) groups excluding carboxylic acids is 1. The molecule has 1 fully saturated rings. The lowest BCUT2D eigenvalue weighted by molar-refractivity contribution is -0.122. The van der Waals surface area contributed by atoms with Gasteiger partial charge in [0.2, 0.25) is 0 Å². The quantitative estimate of drug-likeness (QED) is 0.783. The number of carbonyl (C=O) groups is 1. The van der Waals surface area contributed by atoms with Gasteiger partial charge < -0.3 is 4.90 Å². The third-order valence-electron chi connectivity index (χ3n) is 4.41. The molecular weight excluding hydrogens is 280 g/mol. The average molecular weight is 302 g/mol. The Morgan fingerprint density at radius 1 is 1.10 bits per heavy atom. The topological polar surface area (TPSA) is 32.7 Å². The standard InChI is InChI=1S/C17H22N2OS/c1-19(13-9-5-4-6-10-13)17-18-16(20)14-11-7-2-3-8-12-15(14)21-17/h4-6,9-10,14-15H,2-3,7-8,11-12H2,1H3. The number of anilines is 1. The van der Waals surface area contributed by atoms with Crippen LogP contribution < -0.4 is 4.90 Å². The molecule has 2 aliphatic rings. The first-order valence-electron chi connectivity index (χ1n) is 7.83. The predicted octanol–water partition coefficient (Wildman–Crippen LogP) is 4.09. The number of hydrogen-bond acceptors (Lipinski definition) is 3. The molecule has 1 saturated carbocycles. The minimum Gasteiger partial charge on any atom is -0.324 e. The van der Waals surface area contributed by atoms with Crippen LogP contribution in [0.5, 0.6) is 0 Å². The van der Waals surface area contributed by atoms with Crippen LogP contribution >= 0.6 is 11.8 Å². The number of amidine groups is 1. The molecule has 0 spiro atoms. The van der Waals surface area contributed by atoms with Gasteiger partial charge in [-0.1, -0.05) is 55.6 Å². The minimum atomic E-state index is 0.0958. The number of thioether (sulfide) groups is 1. The molecular formula is C17H22N2OS. The van der Waals surface area contributed by atoms with E-state index in [4.69, 9.17) is 0 Å². The Kier molecular flexibility index (Phi) is 4.63. The second-order valence-electron chi connectivity index (χ2n) is 5.88. The first-order valence-corrected chi connectivity index (χ1v) is 8.71. The first kappa shape index (κ1) is 14.6. The highest BCUT2D eigenvalue weighted by atomic mass is 32.2. The molecule has 21 heavy (non-hydrogen) atoms. The number of aliphatic imine (C=N–C) groups is 1. The van der Waals surface area contributed by atoms with Crippen molar-refractivity contribution in [2.24, 2.45) is 10.9 Å². The molecule has 2 atom stereocenters. The molecule has 1 amide bonds. The van der Waals surface area contributed by atoms with Gasteiger partial charge in [0.25, 0.3) is 5.91 Å². The fourth-order valence-corrected chi connectivity index (χ4v) is 4.51. The summed E-state index contributed by atoms with van der Waals surface area (Å²) in [5, 5.41) is 1.27. The monoisotopic (exact) mass is 302 g/mol. The van der Waals surface area contributed by atoms with E-state index in [0.29, 0.717) is 5.25 Å². The highest BCUT2D eigenvalue weighted by molar-refractivity contribution is 8.14. The third kappa shape index (κ3) is 3.31. The van der Waals surface area contributed by atoms with E-state index in [1.54, 1.807) is 11.8 Å². The van der Waals surface area contributed by atoms with E-state index >= 15 is 0 Å². The Labute approximate surface area is 130 Å². The SMILES string of the molecule is CN(C1=NC(=O)C2CCCCCCC2S1)c1ccccc1. The van der Waals surface area contributed by atoms with Crippen LogP contribution in [-0.2, 0) is 4.79 Å². The molecule has 0 bridgehead atoms. The number of fused-ring (bicyclic) bond motifs is 1. The Balaban J connectivity index is 1.80. The minimum absolute atomic E-state index is 0.0958. The van der Waals surface area contributed by atoms with Gasteiger partial charge in [0.05, 0.1) is 5.92 Å². The third-order valence-corrected chi connectivity index (χ3v) is 5.86. The summed E-state index contributed by atoms with van der Waals surface area (Å²) in [6.07, 6.45) is 7.14. The molecule has 2 unspecified atom stereocenters. The van der Waals surface area contributed by atoms with Crippen LogP contribution in [0.25, 0.3) is 0 Å². The number of amides is 1. The second-order valence-corrected chi connectivity index (χ2v) is 7.09. The smallest absolute Gasteiger partial charge is 0.252 e. The van der Waals surface area contributed by atoms with Crippen molar-refractivity contribution < 1.29 is 4.79 Å². The number of nitrogens with zero attached hydrogens (tertiary/aromatic N) is 2.